The van der Waals surface area contributed by atoms with E-state index in [0.29, 0.717) is 33.6 Å². The maximum Gasteiger partial charge on any atom is 0.143 e. The highest BCUT2D eigenvalue weighted by Crippen LogP contribution is 2.57. The van der Waals surface area contributed by atoms with E-state index >= 15 is 0 Å². The molecule has 0 spiro atoms. The van der Waals surface area contributed by atoms with E-state index in [9.17, 15) is 5.48 Å². The summed E-state index contributed by atoms with van der Waals surface area (Å²) in [5, 5.41) is 3.90. The molecule has 2 aromatic heterocycles. The Balaban J connectivity index is 1.06. The van der Waals surface area contributed by atoms with Crippen molar-refractivity contribution in [3.05, 3.63) is 259 Å². The molecule has 64 heavy (non-hydrogen) atoms. The van der Waals surface area contributed by atoms with Crippen LogP contribution in [0.5, 0.6) is 0 Å². The number of rotatable bonds is 7. The van der Waals surface area contributed by atoms with E-state index in [-0.39, 0.29) is 23.3 Å². The fourth-order valence-electron chi connectivity index (χ4n) is 9.97. The van der Waals surface area contributed by atoms with Crippen LogP contribution in [0.2, 0.25) is 0 Å². The second-order valence-corrected chi connectivity index (χ2v) is 16.0. The van der Waals surface area contributed by atoms with Gasteiger partial charge in [0, 0.05) is 49.7 Å². The number of fused-ring (bicyclic) bond motifs is 9. The molecule has 2 heterocycles. The molecule has 0 aliphatic heterocycles. The third-order valence-electron chi connectivity index (χ3n) is 12.7. The molecule has 0 fully saturated rings. The van der Waals surface area contributed by atoms with Crippen LogP contribution >= 0.6 is 0 Å². The van der Waals surface area contributed by atoms with E-state index in [1.807, 2.05) is 176 Å². The van der Waals surface area contributed by atoms with E-state index < -0.39 is 53.8 Å². The zero-order valence-electron chi connectivity index (χ0n) is 44.0. The van der Waals surface area contributed by atoms with E-state index in [4.69, 9.17) is 17.1 Å². The zero-order valence-corrected chi connectivity index (χ0v) is 34.0. The van der Waals surface area contributed by atoms with Gasteiger partial charge in [-0.1, -0.05) is 188 Å². The lowest BCUT2D eigenvalue weighted by atomic mass is 9.67. The first kappa shape index (κ1) is 27.5. The highest BCUT2D eigenvalue weighted by molar-refractivity contribution is 6.10. The van der Waals surface area contributed by atoms with Crippen molar-refractivity contribution in [3.63, 3.8) is 0 Å². The SMILES string of the molecule is [2H]c1c([2H])c([2H])c(N(c2ccc(-c3cccc4c3oc3ccccc34)cc2)c2ccc3c(c2)C(c2ccc(-c4cccc5c4oc4ccccc45)cc2)(c2c([2H])c([2H])c([2H])c([2H])c2[2H])c2ccccc2-3)c([2H])c1[2H]. The summed E-state index contributed by atoms with van der Waals surface area (Å²) in [7, 11) is 0. The lowest BCUT2D eigenvalue weighted by molar-refractivity contribution is 0.669. The fourth-order valence-corrected chi connectivity index (χ4v) is 9.97. The van der Waals surface area contributed by atoms with Crippen LogP contribution in [0.1, 0.15) is 36.0 Å². The molecule has 0 saturated heterocycles. The molecule has 12 aromatic rings. The topological polar surface area (TPSA) is 29.5 Å². The minimum absolute atomic E-state index is 0.0393. The Hall–Kier alpha value is -8.40. The zero-order chi connectivity index (χ0) is 50.9. The Bertz CT molecular complexity index is 4280. The van der Waals surface area contributed by atoms with Crippen LogP contribution in [0.4, 0.5) is 17.1 Å². The third kappa shape index (κ3) is 5.41. The van der Waals surface area contributed by atoms with Crippen LogP contribution in [-0.4, -0.2) is 0 Å². The number of hydrogen-bond donors (Lipinski definition) is 0. The lowest BCUT2D eigenvalue weighted by Gasteiger charge is -2.35. The molecular formula is C61H39NO2. The van der Waals surface area contributed by atoms with Crippen LogP contribution in [0.15, 0.2) is 245 Å². The standard InChI is InChI=1S/C61H39NO2/c1-3-15-42(16-4-1)61(43-33-29-40(30-34-43)47-22-13-24-53-51-20-8-11-27-57(51)63-59(47)53)55-26-10-7-19-49(55)50-38-37-46(39-56(50)61)62(44-17-5-2-6-18-44)45-35-31-41(32-36-45)48-23-14-25-54-52-21-9-12-28-58(52)64-60(48)54/h1-39H/i1D,2D,3D,4D,5D,6D,15D,16D,17D,18D. The Labute approximate surface area is 384 Å². The molecule has 3 nitrogen and oxygen atoms in total. The molecule has 1 aliphatic carbocycles. The van der Waals surface area contributed by atoms with Gasteiger partial charge in [-0.25, -0.2) is 0 Å². The summed E-state index contributed by atoms with van der Waals surface area (Å²) in [5.41, 5.74) is 8.90. The van der Waals surface area contributed by atoms with Gasteiger partial charge in [-0.2, -0.15) is 0 Å². The summed E-state index contributed by atoms with van der Waals surface area (Å²) in [4.78, 5) is 1.64. The maximum absolute atomic E-state index is 9.67. The summed E-state index contributed by atoms with van der Waals surface area (Å²) in [5.74, 6) is 0. The molecule has 1 aliphatic rings. The summed E-state index contributed by atoms with van der Waals surface area (Å²) < 4.78 is 104. The summed E-state index contributed by atoms with van der Waals surface area (Å²) >= 11 is 0. The molecular weight excluding hydrogens is 779 g/mol. The van der Waals surface area contributed by atoms with E-state index in [0.717, 1.165) is 71.7 Å². The number of furan rings is 2. The molecule has 10 aromatic carbocycles. The average molecular weight is 828 g/mol. The fraction of sp³-hybridized carbons (Fsp3) is 0.0164. The Kier molecular flexibility index (Phi) is 6.17. The second-order valence-electron chi connectivity index (χ2n) is 16.0. The second kappa shape index (κ2) is 14.3. The quantitative estimate of drug-likeness (QED) is 0.160. The van der Waals surface area contributed by atoms with Crippen molar-refractivity contribution in [2.75, 3.05) is 4.90 Å². The third-order valence-corrected chi connectivity index (χ3v) is 12.7. The van der Waals surface area contributed by atoms with Gasteiger partial charge >= 0.3 is 0 Å². The van der Waals surface area contributed by atoms with E-state index in [2.05, 4.69) is 0 Å². The molecule has 0 radical (unpaired) electrons. The Morgan fingerprint density at radius 1 is 0.359 bits per heavy atom. The van der Waals surface area contributed by atoms with Gasteiger partial charge in [0.05, 0.1) is 19.1 Å². The van der Waals surface area contributed by atoms with E-state index in [1.54, 1.807) is 4.90 Å². The van der Waals surface area contributed by atoms with Crippen molar-refractivity contribution < 1.29 is 22.5 Å². The smallest absolute Gasteiger partial charge is 0.143 e. The van der Waals surface area contributed by atoms with Crippen LogP contribution in [0.25, 0.3) is 77.3 Å². The van der Waals surface area contributed by atoms with Gasteiger partial charge in [-0.05, 0) is 93.0 Å². The van der Waals surface area contributed by atoms with Crippen molar-refractivity contribution in [1.29, 1.82) is 0 Å². The van der Waals surface area contributed by atoms with Crippen molar-refractivity contribution in [2.45, 2.75) is 5.41 Å². The molecule has 1 unspecified atom stereocenters. The number of hydrogen-bond acceptors (Lipinski definition) is 3. The van der Waals surface area contributed by atoms with Gasteiger partial charge in [-0.3, -0.25) is 0 Å². The predicted octanol–water partition coefficient (Wildman–Crippen LogP) is 16.7. The number of para-hydroxylation sites is 5. The van der Waals surface area contributed by atoms with Gasteiger partial charge in [0.25, 0.3) is 0 Å². The van der Waals surface area contributed by atoms with Crippen LogP contribution in [0.3, 0.4) is 0 Å². The Morgan fingerprint density at radius 2 is 0.859 bits per heavy atom. The molecule has 13 rings (SSSR count). The minimum Gasteiger partial charge on any atom is -0.455 e. The predicted molar refractivity (Wildman–Crippen MR) is 264 cm³/mol. The van der Waals surface area contributed by atoms with Gasteiger partial charge in [0.2, 0.25) is 0 Å². The van der Waals surface area contributed by atoms with Crippen LogP contribution in [-0.2, 0) is 5.41 Å². The summed E-state index contributed by atoms with van der Waals surface area (Å²) in [6, 6.07) is 51.6. The first-order valence-electron chi connectivity index (χ1n) is 26.1. The largest absolute Gasteiger partial charge is 0.455 e. The van der Waals surface area contributed by atoms with Gasteiger partial charge < -0.3 is 13.7 Å². The minimum atomic E-state index is -1.56. The van der Waals surface area contributed by atoms with Crippen molar-refractivity contribution >= 4 is 60.9 Å². The van der Waals surface area contributed by atoms with Crippen molar-refractivity contribution in [3.8, 4) is 33.4 Å². The normalized spacial score (nSPS) is 16.5. The molecule has 1 atom stereocenters. The number of benzene rings is 10. The van der Waals surface area contributed by atoms with Gasteiger partial charge in [0.15, 0.2) is 0 Å². The summed E-state index contributed by atoms with van der Waals surface area (Å²) in [6.07, 6.45) is 0. The van der Waals surface area contributed by atoms with Crippen molar-refractivity contribution in [2.24, 2.45) is 0 Å². The molecule has 3 heteroatoms. The molecule has 0 amide bonds. The molecule has 0 N–H and O–H groups in total. The number of nitrogens with zero attached hydrogens (tertiary/aromatic N) is 1. The van der Waals surface area contributed by atoms with Gasteiger partial charge in [0.1, 0.15) is 22.3 Å². The highest BCUT2D eigenvalue weighted by Gasteiger charge is 2.46. The maximum atomic E-state index is 9.67. The highest BCUT2D eigenvalue weighted by atomic mass is 16.3. The Morgan fingerprint density at radius 3 is 1.50 bits per heavy atom. The lowest BCUT2D eigenvalue weighted by Crippen LogP contribution is -2.28. The molecule has 0 bridgehead atoms. The van der Waals surface area contributed by atoms with Crippen molar-refractivity contribution in [1.82, 2.24) is 0 Å². The first-order valence-corrected chi connectivity index (χ1v) is 21.1. The van der Waals surface area contributed by atoms with Crippen LogP contribution < -0.4 is 4.90 Å². The average Bonchev–Trinajstić information content (AvgIpc) is 4.12. The van der Waals surface area contributed by atoms with E-state index in [1.165, 1.54) is 0 Å². The van der Waals surface area contributed by atoms with Gasteiger partial charge in [-0.15, -0.1) is 0 Å². The monoisotopic (exact) mass is 827 g/mol. The molecule has 0 saturated carbocycles. The first-order chi connectivity index (χ1) is 35.9. The summed E-state index contributed by atoms with van der Waals surface area (Å²) in [6.45, 7) is 0. The number of anilines is 3. The van der Waals surface area contributed by atoms with Crippen LogP contribution in [0, 0.1) is 0 Å². The molecule has 300 valence electrons.